The number of carbonyl (C=O) groups is 2. The van der Waals surface area contributed by atoms with Crippen LogP contribution in [0.5, 0.6) is 0 Å². The Labute approximate surface area is 94.9 Å². The van der Waals surface area contributed by atoms with Crippen LogP contribution in [0.1, 0.15) is 33.2 Å². The average Bonchev–Trinajstić information content (AvgIpc) is 2.16. The standard InChI is InChI=1S/C10H6INO2/c1-6(14)8-3-2-7(5-13)9(4-12)10(8)11/h2-3,5H,1H3. The lowest BCUT2D eigenvalue weighted by Crippen LogP contribution is -2.01. The Morgan fingerprint density at radius 1 is 1.57 bits per heavy atom. The van der Waals surface area contributed by atoms with E-state index >= 15 is 0 Å². The van der Waals surface area contributed by atoms with Gasteiger partial charge in [-0.25, -0.2) is 0 Å². The third-order valence-corrected chi connectivity index (χ3v) is 2.91. The maximum absolute atomic E-state index is 11.1. The van der Waals surface area contributed by atoms with E-state index in [2.05, 4.69) is 0 Å². The van der Waals surface area contributed by atoms with Gasteiger partial charge in [0.15, 0.2) is 12.1 Å². The topological polar surface area (TPSA) is 57.9 Å². The fraction of sp³-hybridized carbons (Fsp3) is 0.100. The van der Waals surface area contributed by atoms with Crippen LogP contribution in [0.25, 0.3) is 0 Å². The molecule has 70 valence electrons. The van der Waals surface area contributed by atoms with Gasteiger partial charge < -0.3 is 0 Å². The zero-order valence-electron chi connectivity index (χ0n) is 7.37. The number of halogens is 1. The third-order valence-electron chi connectivity index (χ3n) is 1.79. The summed E-state index contributed by atoms with van der Waals surface area (Å²) in [5.41, 5.74) is 1.07. The van der Waals surface area contributed by atoms with Gasteiger partial charge in [-0.1, -0.05) is 0 Å². The molecular formula is C10H6INO2. The molecule has 0 amide bonds. The van der Waals surface area contributed by atoms with Crippen molar-refractivity contribution in [3.05, 3.63) is 32.4 Å². The van der Waals surface area contributed by atoms with Crippen LogP contribution in [0.15, 0.2) is 12.1 Å². The number of benzene rings is 1. The Balaban J connectivity index is 3.52. The monoisotopic (exact) mass is 299 g/mol. The first kappa shape index (κ1) is 10.9. The van der Waals surface area contributed by atoms with Crippen molar-refractivity contribution < 1.29 is 9.59 Å². The van der Waals surface area contributed by atoms with Crippen LogP contribution >= 0.6 is 22.6 Å². The molecule has 0 aliphatic rings. The summed E-state index contributed by atoms with van der Waals surface area (Å²) >= 11 is 1.90. The molecule has 0 saturated heterocycles. The number of hydrogen-bond acceptors (Lipinski definition) is 3. The number of nitriles is 1. The third kappa shape index (κ3) is 1.82. The average molecular weight is 299 g/mol. The van der Waals surface area contributed by atoms with Crippen molar-refractivity contribution in [2.24, 2.45) is 0 Å². The van der Waals surface area contributed by atoms with Crippen molar-refractivity contribution >= 4 is 34.7 Å². The lowest BCUT2D eigenvalue weighted by molar-refractivity contribution is 0.101. The van der Waals surface area contributed by atoms with Gasteiger partial charge >= 0.3 is 0 Å². The number of aldehydes is 1. The maximum atomic E-state index is 11.1. The molecule has 0 bridgehead atoms. The Morgan fingerprint density at radius 3 is 2.64 bits per heavy atom. The van der Waals surface area contributed by atoms with Crippen LogP contribution in [0.3, 0.4) is 0 Å². The second-order valence-corrected chi connectivity index (χ2v) is 3.76. The van der Waals surface area contributed by atoms with E-state index in [9.17, 15) is 9.59 Å². The van der Waals surface area contributed by atoms with Gasteiger partial charge in [0.1, 0.15) is 6.07 Å². The van der Waals surface area contributed by atoms with E-state index in [0.717, 1.165) is 0 Å². The molecule has 0 saturated carbocycles. The first-order chi connectivity index (χ1) is 6.61. The fourth-order valence-corrected chi connectivity index (χ4v) is 2.07. The summed E-state index contributed by atoms with van der Waals surface area (Å²) < 4.78 is 0.544. The number of nitrogens with zero attached hydrogens (tertiary/aromatic N) is 1. The van der Waals surface area contributed by atoms with E-state index in [4.69, 9.17) is 5.26 Å². The number of hydrogen-bond donors (Lipinski definition) is 0. The Hall–Kier alpha value is -1.22. The molecule has 0 radical (unpaired) electrons. The zero-order valence-corrected chi connectivity index (χ0v) is 9.53. The van der Waals surface area contributed by atoms with E-state index in [-0.39, 0.29) is 11.3 Å². The number of Topliss-reactive ketones (excluding diaryl/α,β-unsaturated/α-hetero) is 1. The summed E-state index contributed by atoms with van der Waals surface area (Å²) in [4.78, 5) is 21.7. The molecule has 0 fully saturated rings. The van der Waals surface area contributed by atoms with Gasteiger partial charge in [-0.3, -0.25) is 9.59 Å². The molecule has 4 heteroatoms. The van der Waals surface area contributed by atoms with Crippen LogP contribution in [-0.2, 0) is 0 Å². The Bertz CT molecular complexity index is 446. The molecule has 14 heavy (non-hydrogen) atoms. The first-order valence-corrected chi connectivity index (χ1v) is 4.88. The predicted octanol–water partition coefficient (Wildman–Crippen LogP) is 2.18. The lowest BCUT2D eigenvalue weighted by Gasteiger charge is -2.03. The van der Waals surface area contributed by atoms with Crippen molar-refractivity contribution in [2.45, 2.75) is 6.92 Å². The summed E-state index contributed by atoms with van der Waals surface area (Å²) in [5, 5.41) is 8.81. The number of rotatable bonds is 2. The second kappa shape index (κ2) is 4.33. The van der Waals surface area contributed by atoms with Crippen molar-refractivity contribution in [1.82, 2.24) is 0 Å². The molecule has 0 atom stereocenters. The molecule has 1 aromatic rings. The van der Waals surface area contributed by atoms with Crippen LogP contribution in [-0.4, -0.2) is 12.1 Å². The smallest absolute Gasteiger partial charge is 0.160 e. The highest BCUT2D eigenvalue weighted by molar-refractivity contribution is 14.1. The molecule has 0 aliphatic carbocycles. The van der Waals surface area contributed by atoms with Gasteiger partial charge in [0.2, 0.25) is 0 Å². The molecule has 0 heterocycles. The number of ketones is 1. The largest absolute Gasteiger partial charge is 0.298 e. The fourth-order valence-electron chi connectivity index (χ4n) is 1.07. The normalized spacial score (nSPS) is 9.21. The molecule has 0 unspecified atom stereocenters. The summed E-state index contributed by atoms with van der Waals surface area (Å²) in [5.74, 6) is -0.108. The summed E-state index contributed by atoms with van der Waals surface area (Å²) in [6.07, 6.45) is 0.616. The SMILES string of the molecule is CC(=O)c1ccc(C=O)c(C#N)c1I. The van der Waals surface area contributed by atoms with Crippen LogP contribution in [0, 0.1) is 14.9 Å². The van der Waals surface area contributed by atoms with Gasteiger partial charge in [-0.2, -0.15) is 5.26 Å². The Kier molecular flexibility index (Phi) is 3.36. The predicted molar refractivity (Wildman–Crippen MR) is 59.3 cm³/mol. The quantitative estimate of drug-likeness (QED) is 0.478. The van der Waals surface area contributed by atoms with Crippen molar-refractivity contribution in [3.8, 4) is 6.07 Å². The molecule has 1 aromatic carbocycles. The summed E-state index contributed by atoms with van der Waals surface area (Å²) in [7, 11) is 0. The highest BCUT2D eigenvalue weighted by Crippen LogP contribution is 2.20. The maximum Gasteiger partial charge on any atom is 0.160 e. The van der Waals surface area contributed by atoms with E-state index in [1.165, 1.54) is 13.0 Å². The molecular weight excluding hydrogens is 293 g/mol. The highest BCUT2D eigenvalue weighted by Gasteiger charge is 2.12. The number of carbonyl (C=O) groups excluding carboxylic acids is 2. The van der Waals surface area contributed by atoms with E-state index in [1.54, 1.807) is 6.07 Å². The van der Waals surface area contributed by atoms with Gasteiger partial charge in [0.05, 0.1) is 5.56 Å². The molecule has 3 nitrogen and oxygen atoms in total. The highest BCUT2D eigenvalue weighted by atomic mass is 127. The van der Waals surface area contributed by atoms with Gasteiger partial charge in [-0.15, -0.1) is 0 Å². The van der Waals surface area contributed by atoms with E-state index in [1.807, 2.05) is 28.7 Å². The Morgan fingerprint density at radius 2 is 2.21 bits per heavy atom. The minimum atomic E-state index is -0.108. The molecule has 0 N–H and O–H groups in total. The summed E-state index contributed by atoms with van der Waals surface area (Å²) in [6.45, 7) is 1.43. The van der Waals surface area contributed by atoms with Crippen LogP contribution in [0.4, 0.5) is 0 Å². The molecule has 0 aromatic heterocycles. The van der Waals surface area contributed by atoms with E-state index < -0.39 is 0 Å². The van der Waals surface area contributed by atoms with Gasteiger partial charge in [-0.05, 0) is 41.6 Å². The lowest BCUT2D eigenvalue weighted by atomic mass is 10.0. The van der Waals surface area contributed by atoms with Crippen molar-refractivity contribution in [1.29, 1.82) is 5.26 Å². The van der Waals surface area contributed by atoms with Gasteiger partial charge in [0.25, 0.3) is 0 Å². The van der Waals surface area contributed by atoms with Crippen molar-refractivity contribution in [3.63, 3.8) is 0 Å². The minimum absolute atomic E-state index is 0.108. The first-order valence-electron chi connectivity index (χ1n) is 3.80. The van der Waals surface area contributed by atoms with Crippen molar-refractivity contribution in [2.75, 3.05) is 0 Å². The second-order valence-electron chi connectivity index (χ2n) is 2.68. The molecule has 1 rings (SSSR count). The van der Waals surface area contributed by atoms with E-state index in [0.29, 0.717) is 21.0 Å². The molecule has 0 aliphatic heterocycles. The minimum Gasteiger partial charge on any atom is -0.298 e. The molecule has 0 spiro atoms. The van der Waals surface area contributed by atoms with Crippen LogP contribution < -0.4 is 0 Å². The summed E-state index contributed by atoms with van der Waals surface area (Å²) in [6, 6.07) is 4.97. The van der Waals surface area contributed by atoms with Gasteiger partial charge in [0, 0.05) is 14.7 Å². The zero-order chi connectivity index (χ0) is 10.7. The van der Waals surface area contributed by atoms with Crippen LogP contribution in [0.2, 0.25) is 0 Å².